The molecule has 0 aliphatic heterocycles. The van der Waals surface area contributed by atoms with Crippen molar-refractivity contribution in [3.8, 4) is 6.07 Å². The van der Waals surface area contributed by atoms with Crippen LogP contribution < -0.4 is 10.2 Å². The number of anilines is 2. The fraction of sp³-hybridized carbons (Fsp3) is 0.250. The van der Waals surface area contributed by atoms with Crippen LogP contribution in [0.5, 0.6) is 0 Å². The average molecular weight is 335 g/mol. The number of carbonyl (C=O) groups excluding carboxylic acids is 2. The molecule has 0 saturated heterocycles. The molecule has 25 heavy (non-hydrogen) atoms. The average Bonchev–Trinajstić information content (AvgIpc) is 2.60. The Labute approximate surface area is 147 Å². The van der Waals surface area contributed by atoms with Crippen molar-refractivity contribution in [2.75, 3.05) is 16.8 Å². The predicted octanol–water partition coefficient (Wildman–Crippen LogP) is 3.67. The highest BCUT2D eigenvalue weighted by Gasteiger charge is 2.20. The van der Waals surface area contributed by atoms with Crippen molar-refractivity contribution in [1.29, 1.82) is 5.26 Å². The second-order valence-corrected chi connectivity index (χ2v) is 6.02. The van der Waals surface area contributed by atoms with E-state index in [1.807, 2.05) is 44.2 Å². The number of amides is 2. The zero-order valence-electron chi connectivity index (χ0n) is 14.6. The van der Waals surface area contributed by atoms with Gasteiger partial charge in [0, 0.05) is 12.6 Å². The first-order chi connectivity index (χ1) is 11.9. The van der Waals surface area contributed by atoms with E-state index in [9.17, 15) is 9.59 Å². The number of para-hydroxylation sites is 2. The maximum absolute atomic E-state index is 12.4. The summed E-state index contributed by atoms with van der Waals surface area (Å²) < 4.78 is 0. The van der Waals surface area contributed by atoms with E-state index in [2.05, 4.69) is 5.32 Å². The molecule has 1 N–H and O–H groups in total. The number of hydrogen-bond donors (Lipinski definition) is 1. The van der Waals surface area contributed by atoms with Crippen LogP contribution in [-0.4, -0.2) is 18.4 Å². The molecule has 0 spiro atoms. The van der Waals surface area contributed by atoms with E-state index in [1.54, 1.807) is 24.3 Å². The minimum absolute atomic E-state index is 0.112. The summed E-state index contributed by atoms with van der Waals surface area (Å²) in [5.41, 5.74) is 2.56. The van der Waals surface area contributed by atoms with Gasteiger partial charge >= 0.3 is 0 Å². The van der Waals surface area contributed by atoms with E-state index in [0.717, 1.165) is 11.3 Å². The third kappa shape index (κ3) is 4.45. The van der Waals surface area contributed by atoms with Gasteiger partial charge in [-0.2, -0.15) is 5.26 Å². The second kappa shape index (κ2) is 8.11. The van der Waals surface area contributed by atoms with Crippen LogP contribution in [0.25, 0.3) is 0 Å². The molecule has 0 bridgehead atoms. The summed E-state index contributed by atoms with van der Waals surface area (Å²) >= 11 is 0. The molecule has 0 heterocycles. The van der Waals surface area contributed by atoms with Gasteiger partial charge in [0.15, 0.2) is 0 Å². The fourth-order valence-corrected chi connectivity index (χ4v) is 2.61. The first-order valence-corrected chi connectivity index (χ1v) is 8.10. The minimum atomic E-state index is -0.351. The fourth-order valence-electron chi connectivity index (χ4n) is 2.61. The molecular formula is C20H21N3O2. The number of nitriles is 1. The summed E-state index contributed by atoms with van der Waals surface area (Å²) in [7, 11) is 0. The Kier molecular flexibility index (Phi) is 5.91. The lowest BCUT2D eigenvalue weighted by atomic mass is 10.0. The van der Waals surface area contributed by atoms with E-state index in [-0.39, 0.29) is 24.3 Å². The van der Waals surface area contributed by atoms with E-state index >= 15 is 0 Å². The molecule has 2 aromatic rings. The van der Waals surface area contributed by atoms with Gasteiger partial charge in [-0.3, -0.25) is 9.59 Å². The highest BCUT2D eigenvalue weighted by molar-refractivity contribution is 6.02. The lowest BCUT2D eigenvalue weighted by molar-refractivity contribution is -0.120. The zero-order valence-corrected chi connectivity index (χ0v) is 14.6. The molecule has 5 nitrogen and oxygen atoms in total. The summed E-state index contributed by atoms with van der Waals surface area (Å²) in [4.78, 5) is 26.0. The van der Waals surface area contributed by atoms with E-state index in [0.29, 0.717) is 11.3 Å². The summed E-state index contributed by atoms with van der Waals surface area (Å²) in [6, 6.07) is 16.4. The number of carbonyl (C=O) groups is 2. The first-order valence-electron chi connectivity index (χ1n) is 8.10. The zero-order chi connectivity index (χ0) is 18.4. The second-order valence-electron chi connectivity index (χ2n) is 6.02. The first kappa shape index (κ1) is 18.2. The molecule has 0 unspecified atom stereocenters. The Hall–Kier alpha value is -3.13. The van der Waals surface area contributed by atoms with Gasteiger partial charge < -0.3 is 10.2 Å². The molecule has 0 aliphatic carbocycles. The topological polar surface area (TPSA) is 73.2 Å². The molecule has 0 saturated carbocycles. The van der Waals surface area contributed by atoms with Gasteiger partial charge in [0.05, 0.1) is 11.3 Å². The smallest absolute Gasteiger partial charge is 0.244 e. The lowest BCUT2D eigenvalue weighted by Gasteiger charge is -2.25. The van der Waals surface area contributed by atoms with Gasteiger partial charge in [0.1, 0.15) is 12.6 Å². The number of benzene rings is 2. The molecule has 128 valence electrons. The molecule has 0 radical (unpaired) electrons. The van der Waals surface area contributed by atoms with Crippen LogP contribution in [0.1, 0.15) is 37.8 Å². The molecule has 0 fully saturated rings. The number of nitrogens with one attached hydrogen (secondary N) is 1. The third-order valence-electron chi connectivity index (χ3n) is 3.85. The predicted molar refractivity (Wildman–Crippen MR) is 98.3 cm³/mol. The van der Waals surface area contributed by atoms with E-state index in [4.69, 9.17) is 5.26 Å². The standard InChI is InChI=1S/C20H21N3O2/c1-14(2)17-9-5-7-11-19(17)23(15(3)24)13-20(25)22-18-10-6-4-8-16(18)12-21/h4-11,14H,13H2,1-3H3,(H,22,25). The van der Waals surface area contributed by atoms with Gasteiger partial charge in [-0.05, 0) is 29.7 Å². The quantitative estimate of drug-likeness (QED) is 0.906. The number of hydrogen-bond acceptors (Lipinski definition) is 3. The van der Waals surface area contributed by atoms with Crippen molar-refractivity contribution in [3.05, 3.63) is 59.7 Å². The molecule has 0 aromatic heterocycles. The van der Waals surface area contributed by atoms with Gasteiger partial charge in [-0.1, -0.05) is 44.2 Å². The summed E-state index contributed by atoms with van der Waals surface area (Å²) in [6.45, 7) is 5.41. The Bertz CT molecular complexity index is 822. The van der Waals surface area contributed by atoms with Crippen molar-refractivity contribution in [2.45, 2.75) is 26.7 Å². The lowest BCUT2D eigenvalue weighted by Crippen LogP contribution is -2.37. The molecule has 0 aliphatic rings. The van der Waals surface area contributed by atoms with Gasteiger partial charge in [-0.15, -0.1) is 0 Å². The molecule has 2 amide bonds. The highest BCUT2D eigenvalue weighted by Crippen LogP contribution is 2.27. The number of nitrogens with zero attached hydrogens (tertiary/aromatic N) is 2. The van der Waals surface area contributed by atoms with Crippen molar-refractivity contribution < 1.29 is 9.59 Å². The molecule has 2 aromatic carbocycles. The molecule has 5 heteroatoms. The van der Waals surface area contributed by atoms with Crippen LogP contribution in [0.4, 0.5) is 11.4 Å². The largest absolute Gasteiger partial charge is 0.323 e. The van der Waals surface area contributed by atoms with Crippen molar-refractivity contribution in [1.82, 2.24) is 0 Å². The van der Waals surface area contributed by atoms with Crippen LogP contribution in [0.3, 0.4) is 0 Å². The van der Waals surface area contributed by atoms with Gasteiger partial charge in [-0.25, -0.2) is 0 Å². The maximum atomic E-state index is 12.4. The van der Waals surface area contributed by atoms with E-state index < -0.39 is 0 Å². The van der Waals surface area contributed by atoms with Crippen LogP contribution in [0.2, 0.25) is 0 Å². The van der Waals surface area contributed by atoms with E-state index in [1.165, 1.54) is 11.8 Å². The Morgan fingerprint density at radius 1 is 1.12 bits per heavy atom. The Morgan fingerprint density at radius 2 is 1.76 bits per heavy atom. The van der Waals surface area contributed by atoms with Gasteiger partial charge in [0.25, 0.3) is 0 Å². The van der Waals surface area contributed by atoms with Crippen LogP contribution >= 0.6 is 0 Å². The molecule has 2 rings (SSSR count). The monoisotopic (exact) mass is 335 g/mol. The summed E-state index contributed by atoms with van der Waals surface area (Å²) in [5.74, 6) is -0.339. The SMILES string of the molecule is CC(=O)N(CC(=O)Nc1ccccc1C#N)c1ccccc1C(C)C. The molecular weight excluding hydrogens is 314 g/mol. The summed E-state index contributed by atoms with van der Waals surface area (Å²) in [6.07, 6.45) is 0. The van der Waals surface area contributed by atoms with Crippen LogP contribution in [0, 0.1) is 11.3 Å². The van der Waals surface area contributed by atoms with Crippen molar-refractivity contribution >= 4 is 23.2 Å². The maximum Gasteiger partial charge on any atom is 0.244 e. The van der Waals surface area contributed by atoms with Crippen molar-refractivity contribution in [2.24, 2.45) is 0 Å². The van der Waals surface area contributed by atoms with Crippen LogP contribution in [-0.2, 0) is 9.59 Å². The third-order valence-corrected chi connectivity index (χ3v) is 3.85. The normalized spacial score (nSPS) is 10.2. The highest BCUT2D eigenvalue weighted by atomic mass is 16.2. The summed E-state index contributed by atoms with van der Waals surface area (Å²) in [5, 5.41) is 11.8. The molecule has 0 atom stereocenters. The Balaban J connectivity index is 2.24. The van der Waals surface area contributed by atoms with Crippen LogP contribution in [0.15, 0.2) is 48.5 Å². The minimum Gasteiger partial charge on any atom is -0.323 e. The van der Waals surface area contributed by atoms with Crippen molar-refractivity contribution in [3.63, 3.8) is 0 Å². The number of rotatable bonds is 5. The van der Waals surface area contributed by atoms with Gasteiger partial charge in [0.2, 0.25) is 11.8 Å². The Morgan fingerprint density at radius 3 is 2.40 bits per heavy atom.